The number of amides is 1. The van der Waals surface area contributed by atoms with Gasteiger partial charge in [0.25, 0.3) is 5.91 Å². The van der Waals surface area contributed by atoms with E-state index < -0.39 is 0 Å². The fourth-order valence-electron chi connectivity index (χ4n) is 2.78. The van der Waals surface area contributed by atoms with Gasteiger partial charge in [-0.1, -0.05) is 39.3 Å². The van der Waals surface area contributed by atoms with Crippen molar-refractivity contribution >= 4 is 5.91 Å². The zero-order valence-corrected chi connectivity index (χ0v) is 12.4. The van der Waals surface area contributed by atoms with E-state index in [1.165, 1.54) is 18.4 Å². The molecule has 1 heterocycles. The first kappa shape index (κ1) is 14.1. The summed E-state index contributed by atoms with van der Waals surface area (Å²) in [5.41, 5.74) is 2.13. The fraction of sp³-hybridized carbons (Fsp3) is 0.588. The maximum Gasteiger partial charge on any atom is 0.253 e. The summed E-state index contributed by atoms with van der Waals surface area (Å²) in [6.07, 6.45) is 3.59. The largest absolute Gasteiger partial charge is 0.338 e. The number of benzene rings is 1. The second-order valence-electron chi connectivity index (χ2n) is 5.94. The molecular weight excluding hydrogens is 234 g/mol. The number of likely N-dealkylation sites (tertiary alicyclic amines) is 1. The van der Waals surface area contributed by atoms with Gasteiger partial charge in [0.05, 0.1) is 0 Å². The van der Waals surface area contributed by atoms with E-state index in [9.17, 15) is 4.79 Å². The van der Waals surface area contributed by atoms with Crippen molar-refractivity contribution in [2.24, 2.45) is 5.92 Å². The smallest absolute Gasteiger partial charge is 0.253 e. The lowest BCUT2D eigenvalue weighted by Crippen LogP contribution is -2.39. The van der Waals surface area contributed by atoms with E-state index in [-0.39, 0.29) is 5.91 Å². The molecule has 0 aliphatic carbocycles. The molecule has 19 heavy (non-hydrogen) atoms. The van der Waals surface area contributed by atoms with Gasteiger partial charge < -0.3 is 4.90 Å². The predicted molar refractivity (Wildman–Crippen MR) is 79.4 cm³/mol. The van der Waals surface area contributed by atoms with Crippen molar-refractivity contribution in [3.63, 3.8) is 0 Å². The van der Waals surface area contributed by atoms with Gasteiger partial charge in [0.2, 0.25) is 0 Å². The molecule has 2 heteroatoms. The maximum atomic E-state index is 12.5. The molecule has 0 aromatic heterocycles. The first-order valence-electron chi connectivity index (χ1n) is 7.51. The lowest BCUT2D eigenvalue weighted by molar-refractivity contribution is 0.0671. The van der Waals surface area contributed by atoms with Gasteiger partial charge in [-0.25, -0.2) is 0 Å². The van der Waals surface area contributed by atoms with Gasteiger partial charge in [-0.15, -0.1) is 0 Å². The van der Waals surface area contributed by atoms with Crippen molar-refractivity contribution in [2.75, 3.05) is 13.1 Å². The molecule has 1 aliphatic rings. The van der Waals surface area contributed by atoms with Crippen molar-refractivity contribution in [1.29, 1.82) is 0 Å². The number of piperidine rings is 1. The summed E-state index contributed by atoms with van der Waals surface area (Å²) in [5, 5.41) is 0. The molecule has 1 aromatic carbocycles. The average molecular weight is 259 g/mol. The molecule has 0 saturated carbocycles. The average Bonchev–Trinajstić information content (AvgIpc) is 2.46. The summed E-state index contributed by atoms with van der Waals surface area (Å²) in [6.45, 7) is 8.42. The van der Waals surface area contributed by atoms with Crippen LogP contribution in [0, 0.1) is 5.92 Å². The van der Waals surface area contributed by atoms with Gasteiger partial charge >= 0.3 is 0 Å². The SMILES string of the molecule is CCC1CCCN(C(=O)c2ccc(C(C)C)cc2)C1. The molecule has 2 rings (SSSR count). The van der Waals surface area contributed by atoms with E-state index in [1.807, 2.05) is 17.0 Å². The first-order valence-corrected chi connectivity index (χ1v) is 7.51. The second kappa shape index (κ2) is 6.23. The Kier molecular flexibility index (Phi) is 4.62. The highest BCUT2D eigenvalue weighted by Gasteiger charge is 2.23. The summed E-state index contributed by atoms with van der Waals surface area (Å²) in [6, 6.07) is 8.12. The molecule has 1 saturated heterocycles. The van der Waals surface area contributed by atoms with Crippen LogP contribution in [0.4, 0.5) is 0 Å². The molecule has 104 valence electrons. The molecule has 1 atom stereocenters. The van der Waals surface area contributed by atoms with Crippen LogP contribution in [0.1, 0.15) is 61.9 Å². The van der Waals surface area contributed by atoms with E-state index in [0.29, 0.717) is 11.8 Å². The van der Waals surface area contributed by atoms with Crippen LogP contribution in [0.25, 0.3) is 0 Å². The Balaban J connectivity index is 2.06. The second-order valence-corrected chi connectivity index (χ2v) is 5.94. The van der Waals surface area contributed by atoms with E-state index in [4.69, 9.17) is 0 Å². The Bertz CT molecular complexity index is 421. The molecular formula is C17H25NO. The van der Waals surface area contributed by atoms with Crippen molar-refractivity contribution in [3.05, 3.63) is 35.4 Å². The van der Waals surface area contributed by atoms with Crippen LogP contribution in [0.5, 0.6) is 0 Å². The summed E-state index contributed by atoms with van der Waals surface area (Å²) >= 11 is 0. The number of nitrogens with zero attached hydrogens (tertiary/aromatic N) is 1. The third-order valence-electron chi connectivity index (χ3n) is 4.21. The van der Waals surface area contributed by atoms with Crippen LogP contribution in [0.2, 0.25) is 0 Å². The molecule has 1 fully saturated rings. The lowest BCUT2D eigenvalue weighted by Gasteiger charge is -2.32. The number of carbonyl (C=O) groups is 1. The Labute approximate surface area is 116 Å². The van der Waals surface area contributed by atoms with Crippen LogP contribution in [-0.4, -0.2) is 23.9 Å². The highest BCUT2D eigenvalue weighted by Crippen LogP contribution is 2.21. The first-order chi connectivity index (χ1) is 9.11. The minimum atomic E-state index is 0.202. The Morgan fingerprint density at radius 2 is 2.00 bits per heavy atom. The Hall–Kier alpha value is -1.31. The molecule has 2 nitrogen and oxygen atoms in total. The summed E-state index contributed by atoms with van der Waals surface area (Å²) in [5.74, 6) is 1.41. The van der Waals surface area contributed by atoms with Crippen molar-refractivity contribution < 1.29 is 4.79 Å². The summed E-state index contributed by atoms with van der Waals surface area (Å²) in [4.78, 5) is 14.5. The maximum absolute atomic E-state index is 12.5. The van der Waals surface area contributed by atoms with E-state index in [0.717, 1.165) is 25.1 Å². The van der Waals surface area contributed by atoms with E-state index >= 15 is 0 Å². The Morgan fingerprint density at radius 3 is 2.58 bits per heavy atom. The van der Waals surface area contributed by atoms with Crippen LogP contribution in [0.15, 0.2) is 24.3 Å². The molecule has 0 bridgehead atoms. The topological polar surface area (TPSA) is 20.3 Å². The Morgan fingerprint density at radius 1 is 1.32 bits per heavy atom. The minimum Gasteiger partial charge on any atom is -0.338 e. The summed E-state index contributed by atoms with van der Waals surface area (Å²) < 4.78 is 0. The lowest BCUT2D eigenvalue weighted by atomic mass is 9.95. The van der Waals surface area contributed by atoms with Gasteiger partial charge in [-0.3, -0.25) is 4.79 Å². The van der Waals surface area contributed by atoms with E-state index in [2.05, 4.69) is 32.9 Å². The number of hydrogen-bond acceptors (Lipinski definition) is 1. The van der Waals surface area contributed by atoms with Crippen LogP contribution in [-0.2, 0) is 0 Å². The molecule has 0 spiro atoms. The molecule has 1 aliphatic heterocycles. The highest BCUT2D eigenvalue weighted by atomic mass is 16.2. The standard InChI is InChI=1S/C17H25NO/c1-4-14-6-5-11-18(12-14)17(19)16-9-7-15(8-10-16)13(2)3/h7-10,13-14H,4-6,11-12H2,1-3H3. The third-order valence-corrected chi connectivity index (χ3v) is 4.21. The van der Waals surface area contributed by atoms with Gasteiger partial charge in [0.1, 0.15) is 0 Å². The van der Waals surface area contributed by atoms with Gasteiger partial charge in [0, 0.05) is 18.7 Å². The van der Waals surface area contributed by atoms with Crippen molar-refractivity contribution in [1.82, 2.24) is 4.90 Å². The normalized spacial score (nSPS) is 19.8. The molecule has 1 amide bonds. The molecule has 1 unspecified atom stereocenters. The van der Waals surface area contributed by atoms with E-state index in [1.54, 1.807) is 0 Å². The van der Waals surface area contributed by atoms with Gasteiger partial charge in [-0.2, -0.15) is 0 Å². The predicted octanol–water partition coefficient (Wildman–Crippen LogP) is 4.07. The number of carbonyl (C=O) groups excluding carboxylic acids is 1. The van der Waals surface area contributed by atoms with Crippen LogP contribution in [0.3, 0.4) is 0 Å². The monoisotopic (exact) mass is 259 g/mol. The van der Waals surface area contributed by atoms with Gasteiger partial charge in [-0.05, 0) is 42.4 Å². The van der Waals surface area contributed by atoms with Crippen LogP contribution >= 0.6 is 0 Å². The van der Waals surface area contributed by atoms with Crippen molar-refractivity contribution in [3.8, 4) is 0 Å². The van der Waals surface area contributed by atoms with Gasteiger partial charge in [0.15, 0.2) is 0 Å². The third kappa shape index (κ3) is 3.37. The molecule has 0 N–H and O–H groups in total. The van der Waals surface area contributed by atoms with Crippen molar-refractivity contribution in [2.45, 2.75) is 46.0 Å². The fourth-order valence-corrected chi connectivity index (χ4v) is 2.78. The zero-order valence-electron chi connectivity index (χ0n) is 12.4. The molecule has 1 aromatic rings. The highest BCUT2D eigenvalue weighted by molar-refractivity contribution is 5.94. The molecule has 0 radical (unpaired) electrons. The zero-order chi connectivity index (χ0) is 13.8. The number of hydrogen-bond donors (Lipinski definition) is 0. The quantitative estimate of drug-likeness (QED) is 0.801. The van der Waals surface area contributed by atoms with Crippen LogP contribution < -0.4 is 0 Å². The summed E-state index contributed by atoms with van der Waals surface area (Å²) in [7, 11) is 0. The minimum absolute atomic E-state index is 0.202. The number of rotatable bonds is 3.